The summed E-state index contributed by atoms with van der Waals surface area (Å²) in [5.74, 6) is 0.411. The molecule has 0 rings (SSSR count). The number of carbonyl (C=O) groups excluding carboxylic acids is 1. The third kappa shape index (κ3) is 2.11. The van der Waals surface area contributed by atoms with Crippen LogP contribution >= 0.6 is 0 Å². The van der Waals surface area contributed by atoms with Gasteiger partial charge in [-0.1, -0.05) is 13.8 Å². The molecule has 0 atom stereocenters. The highest BCUT2D eigenvalue weighted by Gasteiger charge is 2.06. The maximum absolute atomic E-state index is 10.8. The normalized spacial score (nSPS) is 10.0. The van der Waals surface area contributed by atoms with Crippen molar-refractivity contribution in [2.24, 2.45) is 5.92 Å². The second-order valence-electron chi connectivity index (χ2n) is 2.39. The first-order chi connectivity index (χ1) is 3.55. The number of amides is 1. The van der Waals surface area contributed by atoms with Crippen molar-refractivity contribution in [3.8, 4) is 0 Å². The summed E-state index contributed by atoms with van der Waals surface area (Å²) in [5.41, 5.74) is 0. The lowest BCUT2D eigenvalue weighted by molar-refractivity contribution is -0.128. The SMILES string of the molecule is CC(C)C(=O)N(C)[SiH3]. The Morgan fingerprint density at radius 2 is 2.00 bits per heavy atom. The van der Waals surface area contributed by atoms with E-state index in [1.807, 2.05) is 20.9 Å². The first-order valence-electron chi connectivity index (χ1n) is 2.77. The van der Waals surface area contributed by atoms with E-state index in [9.17, 15) is 4.79 Å². The fraction of sp³-hybridized carbons (Fsp3) is 0.800. The first-order valence-corrected chi connectivity index (χ1v) is 3.66. The Bertz CT molecular complexity index is 80.4. The van der Waals surface area contributed by atoms with Crippen molar-refractivity contribution in [1.82, 2.24) is 4.57 Å². The van der Waals surface area contributed by atoms with Gasteiger partial charge < -0.3 is 4.57 Å². The first kappa shape index (κ1) is 7.69. The molecule has 0 aliphatic rings. The molecule has 0 aromatic heterocycles. The van der Waals surface area contributed by atoms with Gasteiger partial charge in [0.25, 0.3) is 0 Å². The van der Waals surface area contributed by atoms with Crippen molar-refractivity contribution in [2.75, 3.05) is 7.05 Å². The summed E-state index contributed by atoms with van der Waals surface area (Å²) < 4.78 is 1.74. The average Bonchev–Trinajstić information content (AvgIpc) is 1.64. The van der Waals surface area contributed by atoms with Crippen LogP contribution in [0.1, 0.15) is 13.8 Å². The molecule has 0 saturated heterocycles. The fourth-order valence-electron chi connectivity index (χ4n) is 0.516. The number of carbonyl (C=O) groups is 1. The Labute approximate surface area is 53.4 Å². The third-order valence-corrected chi connectivity index (χ3v) is 1.38. The monoisotopic (exact) mass is 131 g/mol. The molecule has 8 heavy (non-hydrogen) atoms. The fourth-order valence-corrected chi connectivity index (χ4v) is 1.03. The molecular formula is C5H13NOSi. The molecule has 0 unspecified atom stereocenters. The van der Waals surface area contributed by atoms with Gasteiger partial charge in [0.2, 0.25) is 5.91 Å². The highest BCUT2D eigenvalue weighted by atomic mass is 28.2. The Morgan fingerprint density at radius 3 is 2.00 bits per heavy atom. The molecule has 0 spiro atoms. The van der Waals surface area contributed by atoms with Crippen LogP contribution in [0.25, 0.3) is 0 Å². The van der Waals surface area contributed by atoms with Gasteiger partial charge in [0.15, 0.2) is 0 Å². The molecule has 3 heteroatoms. The van der Waals surface area contributed by atoms with E-state index in [0.717, 1.165) is 10.4 Å². The second-order valence-corrected chi connectivity index (χ2v) is 3.73. The van der Waals surface area contributed by atoms with Gasteiger partial charge in [0, 0.05) is 5.92 Å². The summed E-state index contributed by atoms with van der Waals surface area (Å²) in [7, 11) is 2.66. The van der Waals surface area contributed by atoms with Crippen molar-refractivity contribution in [2.45, 2.75) is 13.8 Å². The van der Waals surface area contributed by atoms with E-state index < -0.39 is 0 Å². The maximum Gasteiger partial charge on any atom is 0.216 e. The molecule has 1 amide bonds. The van der Waals surface area contributed by atoms with E-state index >= 15 is 0 Å². The zero-order chi connectivity index (χ0) is 6.73. The highest BCUT2D eigenvalue weighted by Crippen LogP contribution is 1.94. The minimum Gasteiger partial charge on any atom is -0.381 e. The van der Waals surface area contributed by atoms with Gasteiger partial charge in [-0.25, -0.2) is 0 Å². The lowest BCUT2D eigenvalue weighted by Gasteiger charge is -2.12. The number of rotatable bonds is 1. The van der Waals surface area contributed by atoms with Crippen LogP contribution in [-0.4, -0.2) is 27.9 Å². The highest BCUT2D eigenvalue weighted by molar-refractivity contribution is 6.14. The molecule has 0 aliphatic carbocycles. The van der Waals surface area contributed by atoms with Crippen molar-refractivity contribution in [3.63, 3.8) is 0 Å². The smallest absolute Gasteiger partial charge is 0.216 e. The summed E-state index contributed by atoms with van der Waals surface area (Å²) in [4.78, 5) is 10.8. The molecule has 0 heterocycles. The van der Waals surface area contributed by atoms with Crippen molar-refractivity contribution >= 4 is 16.3 Å². The Morgan fingerprint density at radius 1 is 1.62 bits per heavy atom. The maximum atomic E-state index is 10.8. The number of hydrogen-bond acceptors (Lipinski definition) is 1. The Kier molecular flexibility index (Phi) is 2.75. The van der Waals surface area contributed by atoms with Crippen LogP contribution < -0.4 is 0 Å². The summed E-state index contributed by atoms with van der Waals surface area (Å²) >= 11 is 0. The van der Waals surface area contributed by atoms with Crippen molar-refractivity contribution < 1.29 is 4.79 Å². The van der Waals surface area contributed by atoms with E-state index in [1.54, 1.807) is 4.57 Å². The molecule has 0 fully saturated rings. The van der Waals surface area contributed by atoms with Crippen LogP contribution in [0.3, 0.4) is 0 Å². The molecule has 0 bridgehead atoms. The van der Waals surface area contributed by atoms with Gasteiger partial charge in [-0.2, -0.15) is 0 Å². The largest absolute Gasteiger partial charge is 0.381 e. The van der Waals surface area contributed by atoms with Crippen molar-refractivity contribution in [1.29, 1.82) is 0 Å². The number of hydrogen-bond donors (Lipinski definition) is 0. The molecule has 2 nitrogen and oxygen atoms in total. The summed E-state index contributed by atoms with van der Waals surface area (Å²) in [6, 6.07) is 0. The molecule has 48 valence electrons. The van der Waals surface area contributed by atoms with Gasteiger partial charge in [-0.05, 0) is 7.05 Å². The third-order valence-electron chi connectivity index (χ3n) is 0.935. The van der Waals surface area contributed by atoms with Crippen LogP contribution in [-0.2, 0) is 4.79 Å². The standard InChI is InChI=1S/C5H13NOSi/c1-4(2)5(7)6(3)8/h4H,1-3,8H3. The van der Waals surface area contributed by atoms with Crippen LogP contribution in [0.4, 0.5) is 0 Å². The van der Waals surface area contributed by atoms with E-state index in [0.29, 0.717) is 0 Å². The zero-order valence-corrected chi connectivity index (χ0v) is 7.93. The minimum absolute atomic E-state index is 0.164. The molecular weight excluding hydrogens is 118 g/mol. The van der Waals surface area contributed by atoms with E-state index in [1.165, 1.54) is 0 Å². The van der Waals surface area contributed by atoms with E-state index in [2.05, 4.69) is 0 Å². The predicted octanol–water partition coefficient (Wildman–Crippen LogP) is -0.619. The second kappa shape index (κ2) is 2.87. The molecule has 0 aliphatic heterocycles. The van der Waals surface area contributed by atoms with Gasteiger partial charge in [0.1, 0.15) is 10.4 Å². The van der Waals surface area contributed by atoms with Crippen LogP contribution in [0.2, 0.25) is 0 Å². The van der Waals surface area contributed by atoms with Crippen LogP contribution in [0.5, 0.6) is 0 Å². The molecule has 0 aromatic rings. The lowest BCUT2D eigenvalue weighted by atomic mass is 10.2. The summed E-state index contributed by atoms with van der Waals surface area (Å²) in [6.07, 6.45) is 0. The predicted molar refractivity (Wildman–Crippen MR) is 37.5 cm³/mol. The van der Waals surface area contributed by atoms with Crippen LogP contribution in [0, 0.1) is 5.92 Å². The van der Waals surface area contributed by atoms with Crippen molar-refractivity contribution in [3.05, 3.63) is 0 Å². The quantitative estimate of drug-likeness (QED) is 0.434. The number of nitrogens with zero attached hydrogens (tertiary/aromatic N) is 1. The lowest BCUT2D eigenvalue weighted by Crippen LogP contribution is -2.27. The van der Waals surface area contributed by atoms with Gasteiger partial charge in [0.05, 0.1) is 0 Å². The molecule has 0 saturated carbocycles. The topological polar surface area (TPSA) is 20.3 Å². The Balaban J connectivity index is 3.65. The molecule has 0 radical (unpaired) electrons. The van der Waals surface area contributed by atoms with Gasteiger partial charge in [-0.15, -0.1) is 0 Å². The zero-order valence-electron chi connectivity index (χ0n) is 5.93. The summed E-state index contributed by atoms with van der Waals surface area (Å²) in [6.45, 7) is 3.83. The van der Waals surface area contributed by atoms with E-state index in [-0.39, 0.29) is 11.8 Å². The molecule has 0 N–H and O–H groups in total. The van der Waals surface area contributed by atoms with Gasteiger partial charge >= 0.3 is 0 Å². The minimum atomic E-state index is 0.164. The van der Waals surface area contributed by atoms with Crippen LogP contribution in [0.15, 0.2) is 0 Å². The Hall–Kier alpha value is -0.313. The average molecular weight is 131 g/mol. The van der Waals surface area contributed by atoms with Gasteiger partial charge in [-0.3, -0.25) is 4.79 Å². The molecule has 0 aromatic carbocycles. The van der Waals surface area contributed by atoms with E-state index in [4.69, 9.17) is 0 Å². The summed E-state index contributed by atoms with van der Waals surface area (Å²) in [5, 5.41) is 0.